The molecule has 8 N–H and O–H groups in total. The SMILES string of the molecule is NC(N)=NCCC[C@@H](NC(=O)C(c1ccccc1)c1ccccc1)C(=O)NCc1ccc(CNC(=O)Nc2ccccc2)cc1.O=C([O-])C(F)(F)F. The number of nitrogens with one attached hydrogen (secondary N) is 4. The van der Waals surface area contributed by atoms with Crippen molar-refractivity contribution in [1.82, 2.24) is 16.0 Å². The van der Waals surface area contributed by atoms with E-state index in [0.29, 0.717) is 31.6 Å². The fourth-order valence-electron chi connectivity index (χ4n) is 4.78. The number of urea groups is 1. The first-order chi connectivity index (χ1) is 24.8. The third kappa shape index (κ3) is 14.2. The molecule has 0 fully saturated rings. The number of aliphatic carboxylic acids is 1. The molecule has 4 amide bonds. The zero-order valence-corrected chi connectivity index (χ0v) is 27.9. The number of carboxylic acids is 1. The van der Waals surface area contributed by atoms with Gasteiger partial charge in [0.2, 0.25) is 11.8 Å². The van der Waals surface area contributed by atoms with Crippen LogP contribution in [0.5, 0.6) is 0 Å². The summed E-state index contributed by atoms with van der Waals surface area (Å²) in [5.41, 5.74) is 15.1. The normalized spacial score (nSPS) is 11.2. The molecule has 0 aliphatic rings. The minimum atomic E-state index is -5.19. The van der Waals surface area contributed by atoms with Crippen molar-refractivity contribution in [3.63, 3.8) is 0 Å². The maximum absolute atomic E-state index is 13.7. The van der Waals surface area contributed by atoms with Crippen LogP contribution < -0.4 is 37.8 Å². The highest BCUT2D eigenvalue weighted by Gasteiger charge is 2.29. The molecule has 0 aliphatic heterocycles. The summed E-state index contributed by atoms with van der Waals surface area (Å²) in [5.74, 6) is -4.20. The number of rotatable bonds is 14. The quantitative estimate of drug-likeness (QED) is 0.0652. The molecule has 0 bridgehead atoms. The zero-order valence-electron chi connectivity index (χ0n) is 27.9. The lowest BCUT2D eigenvalue weighted by atomic mass is 9.90. The van der Waals surface area contributed by atoms with E-state index in [4.69, 9.17) is 21.4 Å². The highest BCUT2D eigenvalue weighted by Crippen LogP contribution is 2.25. The number of carboxylic acid groups (broad SMARTS) is 1. The Morgan fingerprint density at radius 3 is 1.62 bits per heavy atom. The van der Waals surface area contributed by atoms with Crippen LogP contribution in [0.3, 0.4) is 0 Å². The minimum absolute atomic E-state index is 0.0243. The highest BCUT2D eigenvalue weighted by atomic mass is 19.4. The van der Waals surface area contributed by atoms with Crippen molar-refractivity contribution in [3.05, 3.63) is 138 Å². The number of para-hydroxylation sites is 1. The second-order valence-corrected chi connectivity index (χ2v) is 11.3. The van der Waals surface area contributed by atoms with Crippen LogP contribution in [0.25, 0.3) is 0 Å². The van der Waals surface area contributed by atoms with E-state index in [1.54, 1.807) is 0 Å². The molecule has 52 heavy (non-hydrogen) atoms. The fourth-order valence-corrected chi connectivity index (χ4v) is 4.78. The Labute approximate surface area is 298 Å². The molecule has 4 rings (SSSR count). The van der Waals surface area contributed by atoms with E-state index < -0.39 is 24.1 Å². The van der Waals surface area contributed by atoms with Gasteiger partial charge in [-0.3, -0.25) is 14.6 Å². The van der Waals surface area contributed by atoms with Crippen LogP contribution in [0, 0.1) is 0 Å². The highest BCUT2D eigenvalue weighted by molar-refractivity contribution is 5.92. The lowest BCUT2D eigenvalue weighted by Gasteiger charge is -2.23. The molecule has 12 nitrogen and oxygen atoms in total. The summed E-state index contributed by atoms with van der Waals surface area (Å²) in [4.78, 5) is 52.1. The fraction of sp³-hybridized carbons (Fsp3) is 0.216. The maximum atomic E-state index is 13.7. The molecular formula is C37H39F3N7O5-. The molecule has 274 valence electrons. The van der Waals surface area contributed by atoms with Crippen LogP contribution in [0.4, 0.5) is 23.7 Å². The molecule has 4 aromatic carbocycles. The van der Waals surface area contributed by atoms with E-state index in [1.165, 1.54) is 0 Å². The predicted molar refractivity (Wildman–Crippen MR) is 188 cm³/mol. The van der Waals surface area contributed by atoms with Crippen molar-refractivity contribution < 1.29 is 37.5 Å². The van der Waals surface area contributed by atoms with Crippen LogP contribution in [0.15, 0.2) is 120 Å². The zero-order chi connectivity index (χ0) is 37.9. The number of aliphatic imine (C=N–C) groups is 1. The van der Waals surface area contributed by atoms with Gasteiger partial charge >= 0.3 is 12.2 Å². The summed E-state index contributed by atoms with van der Waals surface area (Å²) in [6, 6.07) is 34.6. The molecule has 0 radical (unpaired) electrons. The number of nitrogens with zero attached hydrogens (tertiary/aromatic N) is 1. The lowest BCUT2D eigenvalue weighted by Crippen LogP contribution is -2.48. The number of hydrogen-bond donors (Lipinski definition) is 6. The molecule has 15 heteroatoms. The van der Waals surface area contributed by atoms with Gasteiger partial charge in [-0.2, -0.15) is 13.2 Å². The molecule has 0 saturated carbocycles. The van der Waals surface area contributed by atoms with Crippen molar-refractivity contribution in [1.29, 1.82) is 0 Å². The lowest BCUT2D eigenvalue weighted by molar-refractivity contribution is -0.344. The summed E-state index contributed by atoms with van der Waals surface area (Å²) >= 11 is 0. The van der Waals surface area contributed by atoms with Crippen molar-refractivity contribution in [2.24, 2.45) is 16.5 Å². The molecule has 0 saturated heterocycles. The Hall–Kier alpha value is -6.38. The average Bonchev–Trinajstić information content (AvgIpc) is 3.12. The van der Waals surface area contributed by atoms with Crippen LogP contribution in [-0.4, -0.2) is 48.5 Å². The average molecular weight is 719 g/mol. The number of halogens is 3. The number of alkyl halides is 3. The minimum Gasteiger partial charge on any atom is -0.542 e. The van der Waals surface area contributed by atoms with Gasteiger partial charge in [0.05, 0.1) is 5.92 Å². The Bertz CT molecular complexity index is 1720. The van der Waals surface area contributed by atoms with Crippen LogP contribution in [0.2, 0.25) is 0 Å². The molecule has 0 aromatic heterocycles. The Balaban J connectivity index is 0.000000944. The molecule has 1 atom stereocenters. The van der Waals surface area contributed by atoms with E-state index in [9.17, 15) is 27.6 Å². The molecule has 0 unspecified atom stereocenters. The van der Waals surface area contributed by atoms with Gasteiger partial charge in [0.25, 0.3) is 0 Å². The van der Waals surface area contributed by atoms with Gasteiger partial charge in [-0.1, -0.05) is 103 Å². The van der Waals surface area contributed by atoms with Gasteiger partial charge in [-0.15, -0.1) is 0 Å². The molecular weight excluding hydrogens is 679 g/mol. The second kappa shape index (κ2) is 20.3. The van der Waals surface area contributed by atoms with E-state index in [1.807, 2.05) is 115 Å². The number of hydrogen-bond acceptors (Lipinski definition) is 6. The summed E-state index contributed by atoms with van der Waals surface area (Å²) in [6.45, 7) is 0.947. The number of amides is 4. The first-order valence-corrected chi connectivity index (χ1v) is 16.0. The molecule has 0 spiro atoms. The van der Waals surface area contributed by atoms with Crippen LogP contribution >= 0.6 is 0 Å². The summed E-state index contributed by atoms with van der Waals surface area (Å²) < 4.78 is 31.5. The smallest absolute Gasteiger partial charge is 0.430 e. The number of carbonyl (C=O) groups is 4. The van der Waals surface area contributed by atoms with Gasteiger partial charge in [-0.25, -0.2) is 4.79 Å². The number of nitrogens with two attached hydrogens (primary N) is 2. The largest absolute Gasteiger partial charge is 0.542 e. The number of anilines is 1. The second-order valence-electron chi connectivity index (χ2n) is 11.3. The topological polar surface area (TPSA) is 204 Å². The van der Waals surface area contributed by atoms with Crippen molar-refractivity contribution >= 4 is 35.5 Å². The summed E-state index contributed by atoms with van der Waals surface area (Å²) in [5, 5.41) is 20.3. The molecule has 4 aromatic rings. The van der Waals surface area contributed by atoms with Crippen LogP contribution in [0.1, 0.15) is 41.0 Å². The van der Waals surface area contributed by atoms with E-state index in [0.717, 1.165) is 22.3 Å². The van der Waals surface area contributed by atoms with E-state index >= 15 is 0 Å². The first kappa shape index (κ1) is 40.1. The standard InChI is InChI=1S/C35H39N7O3.C2HF3O2/c36-34(37)38-22-10-17-30(42-33(44)31(27-11-4-1-5-12-27)28-13-6-2-7-14-28)32(43)39-23-25-18-20-26(21-19-25)24-40-35(45)41-29-15-8-3-9-16-29;3-2(4,5)1(6)7/h1-9,11-16,18-21,30-31H,10,17,22-24H2,(H,39,43)(H,42,44)(H4,36,37,38)(H2,40,41,45);(H,6,7)/p-1/t30-;/m1./s1. The van der Waals surface area contributed by atoms with Crippen molar-refractivity contribution in [2.45, 2.75) is 44.1 Å². The van der Waals surface area contributed by atoms with E-state index in [2.05, 4.69) is 26.3 Å². The van der Waals surface area contributed by atoms with Crippen LogP contribution in [-0.2, 0) is 27.5 Å². The molecule has 0 heterocycles. The number of benzene rings is 4. The Morgan fingerprint density at radius 1 is 0.692 bits per heavy atom. The molecule has 0 aliphatic carbocycles. The Morgan fingerprint density at radius 2 is 1.15 bits per heavy atom. The van der Waals surface area contributed by atoms with Gasteiger partial charge in [0.1, 0.15) is 12.0 Å². The maximum Gasteiger partial charge on any atom is 0.430 e. The number of guanidine groups is 1. The van der Waals surface area contributed by atoms with Gasteiger partial charge in [0, 0.05) is 25.3 Å². The van der Waals surface area contributed by atoms with Gasteiger partial charge in [0.15, 0.2) is 5.96 Å². The van der Waals surface area contributed by atoms with E-state index in [-0.39, 0.29) is 30.3 Å². The first-order valence-electron chi connectivity index (χ1n) is 16.0. The van der Waals surface area contributed by atoms with Gasteiger partial charge in [-0.05, 0) is 47.2 Å². The van der Waals surface area contributed by atoms with Gasteiger partial charge < -0.3 is 42.6 Å². The van der Waals surface area contributed by atoms with Crippen molar-refractivity contribution in [2.75, 3.05) is 11.9 Å². The van der Waals surface area contributed by atoms with Crippen molar-refractivity contribution in [3.8, 4) is 0 Å². The number of carbonyl (C=O) groups excluding carboxylic acids is 4. The monoisotopic (exact) mass is 718 g/mol. The third-order valence-electron chi connectivity index (χ3n) is 7.31. The Kier molecular flexibility index (Phi) is 15.7. The summed E-state index contributed by atoms with van der Waals surface area (Å²) in [6.07, 6.45) is -4.35. The predicted octanol–water partition coefficient (Wildman–Crippen LogP) is 3.29. The summed E-state index contributed by atoms with van der Waals surface area (Å²) in [7, 11) is 0. The third-order valence-corrected chi connectivity index (χ3v) is 7.31.